The molecule has 0 radical (unpaired) electrons. The van der Waals surface area contributed by atoms with E-state index in [-0.39, 0.29) is 6.61 Å². The molecule has 4 nitrogen and oxygen atoms in total. The van der Waals surface area contributed by atoms with Gasteiger partial charge < -0.3 is 5.11 Å². The molecule has 0 amide bonds. The highest BCUT2D eigenvalue weighted by Crippen LogP contribution is 2.33. The third-order valence-corrected chi connectivity index (χ3v) is 3.17. The average molecular weight is 223 g/mol. The van der Waals surface area contributed by atoms with Gasteiger partial charge in [-0.2, -0.15) is 0 Å². The van der Waals surface area contributed by atoms with E-state index in [1.807, 2.05) is 4.68 Å². The third-order valence-electron chi connectivity index (χ3n) is 3.17. The van der Waals surface area contributed by atoms with Crippen LogP contribution in [-0.4, -0.2) is 20.1 Å². The number of aliphatic hydroxyl groups is 1. The Hall–Kier alpha value is -0.900. The van der Waals surface area contributed by atoms with Crippen LogP contribution < -0.4 is 0 Å². The number of aryl methyl sites for hydroxylation is 1. The van der Waals surface area contributed by atoms with Gasteiger partial charge in [0.05, 0.1) is 12.3 Å². The summed E-state index contributed by atoms with van der Waals surface area (Å²) in [5, 5.41) is 17.4. The van der Waals surface area contributed by atoms with Crippen molar-refractivity contribution >= 4 is 0 Å². The van der Waals surface area contributed by atoms with Crippen molar-refractivity contribution in [2.24, 2.45) is 11.8 Å². The van der Waals surface area contributed by atoms with Crippen LogP contribution >= 0.6 is 0 Å². The molecule has 1 heterocycles. The molecule has 4 heteroatoms. The second-order valence-electron chi connectivity index (χ2n) is 5.19. The molecular weight excluding hydrogens is 202 g/mol. The highest BCUT2D eigenvalue weighted by atomic mass is 16.3. The van der Waals surface area contributed by atoms with E-state index in [1.165, 1.54) is 12.8 Å². The lowest BCUT2D eigenvalue weighted by molar-refractivity contribution is 0.275. The van der Waals surface area contributed by atoms with Crippen molar-refractivity contribution in [3.05, 3.63) is 11.4 Å². The van der Waals surface area contributed by atoms with Gasteiger partial charge in [-0.05, 0) is 37.5 Å². The SMILES string of the molecule is CC(C)CCn1nnc(CO)c1CC1CC1. The van der Waals surface area contributed by atoms with Gasteiger partial charge in [-0.15, -0.1) is 5.10 Å². The molecule has 16 heavy (non-hydrogen) atoms. The minimum atomic E-state index is 0.0176. The predicted octanol–water partition coefficient (Wildman–Crippen LogP) is 1.77. The maximum absolute atomic E-state index is 9.23. The highest BCUT2D eigenvalue weighted by molar-refractivity contribution is 5.11. The molecule has 1 saturated carbocycles. The summed E-state index contributed by atoms with van der Waals surface area (Å²) in [4.78, 5) is 0. The fourth-order valence-electron chi connectivity index (χ4n) is 1.87. The Bertz CT molecular complexity index is 342. The molecule has 2 rings (SSSR count). The summed E-state index contributed by atoms with van der Waals surface area (Å²) >= 11 is 0. The van der Waals surface area contributed by atoms with Crippen LogP contribution in [0.1, 0.15) is 44.5 Å². The van der Waals surface area contributed by atoms with Crippen molar-refractivity contribution in [3.8, 4) is 0 Å². The van der Waals surface area contributed by atoms with Gasteiger partial charge in [0.1, 0.15) is 5.69 Å². The molecular formula is C12H21N3O. The molecule has 1 aliphatic carbocycles. The van der Waals surface area contributed by atoms with Gasteiger partial charge in [0, 0.05) is 6.54 Å². The molecule has 0 spiro atoms. The minimum Gasteiger partial charge on any atom is -0.390 e. The lowest BCUT2D eigenvalue weighted by Crippen LogP contribution is -2.09. The minimum absolute atomic E-state index is 0.0176. The molecule has 0 saturated heterocycles. The summed E-state index contributed by atoms with van der Waals surface area (Å²) in [6.07, 6.45) is 4.80. The van der Waals surface area contributed by atoms with Crippen molar-refractivity contribution < 1.29 is 5.11 Å². The maximum atomic E-state index is 9.23. The first-order chi connectivity index (χ1) is 7.70. The highest BCUT2D eigenvalue weighted by Gasteiger charge is 2.25. The van der Waals surface area contributed by atoms with Crippen molar-refractivity contribution in [3.63, 3.8) is 0 Å². The van der Waals surface area contributed by atoms with Crippen LogP contribution in [0.2, 0.25) is 0 Å². The fourth-order valence-corrected chi connectivity index (χ4v) is 1.87. The molecule has 90 valence electrons. The average Bonchev–Trinajstić information content (AvgIpc) is 2.96. The lowest BCUT2D eigenvalue weighted by Gasteiger charge is -2.08. The van der Waals surface area contributed by atoms with E-state index in [1.54, 1.807) is 0 Å². The number of aromatic nitrogens is 3. The molecule has 0 bridgehead atoms. The maximum Gasteiger partial charge on any atom is 0.111 e. The van der Waals surface area contributed by atoms with Crippen molar-refractivity contribution in [1.82, 2.24) is 15.0 Å². The van der Waals surface area contributed by atoms with Crippen LogP contribution in [-0.2, 0) is 19.6 Å². The fraction of sp³-hybridized carbons (Fsp3) is 0.833. The Morgan fingerprint density at radius 2 is 2.19 bits per heavy atom. The number of rotatable bonds is 6. The van der Waals surface area contributed by atoms with Gasteiger partial charge in [-0.3, -0.25) is 0 Å². The van der Waals surface area contributed by atoms with E-state index in [4.69, 9.17) is 0 Å². The summed E-state index contributed by atoms with van der Waals surface area (Å²) in [6.45, 7) is 5.37. The van der Waals surface area contributed by atoms with Gasteiger partial charge >= 0.3 is 0 Å². The Kier molecular flexibility index (Phi) is 3.59. The predicted molar refractivity (Wildman–Crippen MR) is 61.8 cm³/mol. The summed E-state index contributed by atoms with van der Waals surface area (Å²) < 4.78 is 1.99. The normalized spacial score (nSPS) is 16.0. The van der Waals surface area contributed by atoms with Crippen LogP contribution in [0.4, 0.5) is 0 Å². The quantitative estimate of drug-likeness (QED) is 0.799. The molecule has 1 aliphatic rings. The van der Waals surface area contributed by atoms with Crippen LogP contribution in [0.3, 0.4) is 0 Å². The zero-order valence-corrected chi connectivity index (χ0v) is 10.2. The Morgan fingerprint density at radius 1 is 1.44 bits per heavy atom. The van der Waals surface area contributed by atoms with Crippen LogP contribution in [0.5, 0.6) is 0 Å². The van der Waals surface area contributed by atoms with Crippen LogP contribution in [0.15, 0.2) is 0 Å². The number of hydrogen-bond acceptors (Lipinski definition) is 3. The number of aliphatic hydroxyl groups excluding tert-OH is 1. The Labute approximate surface area is 96.7 Å². The van der Waals surface area contributed by atoms with Gasteiger partial charge in [-0.1, -0.05) is 19.1 Å². The van der Waals surface area contributed by atoms with Crippen molar-refractivity contribution in [2.75, 3.05) is 0 Å². The zero-order valence-electron chi connectivity index (χ0n) is 10.2. The molecule has 0 unspecified atom stereocenters. The molecule has 1 fully saturated rings. The zero-order chi connectivity index (χ0) is 11.5. The first-order valence-electron chi connectivity index (χ1n) is 6.22. The smallest absolute Gasteiger partial charge is 0.111 e. The van der Waals surface area contributed by atoms with Gasteiger partial charge in [0.2, 0.25) is 0 Å². The molecule has 0 atom stereocenters. The molecule has 0 aliphatic heterocycles. The van der Waals surface area contributed by atoms with Crippen LogP contribution in [0, 0.1) is 11.8 Å². The summed E-state index contributed by atoms with van der Waals surface area (Å²) in [7, 11) is 0. The second-order valence-corrected chi connectivity index (χ2v) is 5.19. The van der Waals surface area contributed by atoms with Crippen LogP contribution in [0.25, 0.3) is 0 Å². The topological polar surface area (TPSA) is 50.9 Å². The Balaban J connectivity index is 2.05. The van der Waals surface area contributed by atoms with Gasteiger partial charge in [-0.25, -0.2) is 4.68 Å². The Morgan fingerprint density at radius 3 is 2.75 bits per heavy atom. The number of nitrogens with zero attached hydrogens (tertiary/aromatic N) is 3. The van der Waals surface area contributed by atoms with Crippen molar-refractivity contribution in [2.45, 2.75) is 52.7 Å². The van der Waals surface area contributed by atoms with Crippen molar-refractivity contribution in [1.29, 1.82) is 0 Å². The summed E-state index contributed by atoms with van der Waals surface area (Å²) in [5.74, 6) is 1.48. The first-order valence-corrected chi connectivity index (χ1v) is 6.22. The molecule has 1 aromatic heterocycles. The summed E-state index contributed by atoms with van der Waals surface area (Å²) in [5.41, 5.74) is 1.93. The van der Waals surface area contributed by atoms with Gasteiger partial charge in [0.25, 0.3) is 0 Å². The van der Waals surface area contributed by atoms with E-state index in [0.29, 0.717) is 5.92 Å². The lowest BCUT2D eigenvalue weighted by atomic mass is 10.1. The van der Waals surface area contributed by atoms with E-state index >= 15 is 0 Å². The largest absolute Gasteiger partial charge is 0.390 e. The molecule has 1 N–H and O–H groups in total. The third kappa shape index (κ3) is 2.82. The number of hydrogen-bond donors (Lipinski definition) is 1. The first kappa shape index (κ1) is 11.6. The van der Waals surface area contributed by atoms with E-state index < -0.39 is 0 Å². The molecule has 1 aromatic rings. The molecule has 0 aromatic carbocycles. The standard InChI is InChI=1S/C12H21N3O/c1-9(2)5-6-15-12(7-10-3-4-10)11(8-16)13-14-15/h9-10,16H,3-8H2,1-2H3. The monoisotopic (exact) mass is 223 g/mol. The summed E-state index contributed by atoms with van der Waals surface area (Å²) in [6, 6.07) is 0. The van der Waals surface area contributed by atoms with E-state index in [9.17, 15) is 5.11 Å². The van der Waals surface area contributed by atoms with Gasteiger partial charge in [0.15, 0.2) is 0 Å². The second kappa shape index (κ2) is 4.95. The van der Waals surface area contributed by atoms with E-state index in [0.717, 1.165) is 36.7 Å². The van der Waals surface area contributed by atoms with E-state index in [2.05, 4.69) is 24.2 Å².